The standard InChI is InChI=1S/C9H19O3P/c1-7(2)11-13(10,9(5)6)12-8(3)4/h7-8H,5H2,1-4,6H3. The lowest BCUT2D eigenvalue weighted by Gasteiger charge is -2.22. The summed E-state index contributed by atoms with van der Waals surface area (Å²) in [6.07, 6.45) is -0.248. The summed E-state index contributed by atoms with van der Waals surface area (Å²) in [5.41, 5.74) is 0. The molecule has 78 valence electrons. The van der Waals surface area contributed by atoms with E-state index in [1.54, 1.807) is 6.92 Å². The molecule has 0 aromatic rings. The van der Waals surface area contributed by atoms with Crippen molar-refractivity contribution in [2.24, 2.45) is 0 Å². The van der Waals surface area contributed by atoms with Gasteiger partial charge in [-0.1, -0.05) is 6.58 Å². The Hall–Kier alpha value is -0.110. The molecule has 0 aliphatic rings. The normalized spacial score (nSPS) is 12.5. The fourth-order valence-electron chi connectivity index (χ4n) is 0.760. The minimum Gasteiger partial charge on any atom is -0.303 e. The first-order valence-electron chi connectivity index (χ1n) is 4.41. The first-order valence-corrected chi connectivity index (χ1v) is 5.95. The van der Waals surface area contributed by atoms with Crippen molar-refractivity contribution in [3.8, 4) is 0 Å². The molecule has 0 radical (unpaired) electrons. The van der Waals surface area contributed by atoms with E-state index < -0.39 is 7.60 Å². The van der Waals surface area contributed by atoms with Gasteiger partial charge in [-0.15, -0.1) is 0 Å². The summed E-state index contributed by atoms with van der Waals surface area (Å²) < 4.78 is 22.5. The van der Waals surface area contributed by atoms with Crippen molar-refractivity contribution in [3.05, 3.63) is 11.9 Å². The summed E-state index contributed by atoms with van der Waals surface area (Å²) in [7, 11) is -3.10. The van der Waals surface area contributed by atoms with Gasteiger partial charge in [-0.2, -0.15) is 0 Å². The first-order chi connectivity index (χ1) is 5.78. The molecule has 0 amide bonds. The third-order valence-electron chi connectivity index (χ3n) is 1.17. The Balaban J connectivity index is 4.54. The van der Waals surface area contributed by atoms with E-state index in [0.717, 1.165) is 0 Å². The Labute approximate surface area is 80.7 Å². The van der Waals surface area contributed by atoms with Gasteiger partial charge in [-0.05, 0) is 34.6 Å². The molecular weight excluding hydrogens is 187 g/mol. The van der Waals surface area contributed by atoms with Crippen LogP contribution in [-0.4, -0.2) is 12.2 Å². The summed E-state index contributed by atoms with van der Waals surface area (Å²) in [6, 6.07) is 0. The highest BCUT2D eigenvalue weighted by atomic mass is 31.2. The van der Waals surface area contributed by atoms with Gasteiger partial charge in [0, 0.05) is 5.31 Å². The van der Waals surface area contributed by atoms with Gasteiger partial charge in [0.2, 0.25) is 0 Å². The van der Waals surface area contributed by atoms with Crippen molar-refractivity contribution in [1.82, 2.24) is 0 Å². The minimum atomic E-state index is -3.10. The van der Waals surface area contributed by atoms with Gasteiger partial charge in [-0.3, -0.25) is 4.57 Å². The van der Waals surface area contributed by atoms with Crippen LogP contribution in [0.1, 0.15) is 34.6 Å². The van der Waals surface area contributed by atoms with Crippen molar-refractivity contribution in [2.75, 3.05) is 0 Å². The molecule has 0 heterocycles. The molecule has 13 heavy (non-hydrogen) atoms. The SMILES string of the molecule is C=C(C)P(=O)(OC(C)C)OC(C)C. The smallest absolute Gasteiger partial charge is 0.303 e. The van der Waals surface area contributed by atoms with Gasteiger partial charge in [0.15, 0.2) is 0 Å². The van der Waals surface area contributed by atoms with E-state index in [1.807, 2.05) is 27.7 Å². The van der Waals surface area contributed by atoms with Crippen molar-refractivity contribution in [2.45, 2.75) is 46.8 Å². The third-order valence-corrected chi connectivity index (χ3v) is 3.50. The van der Waals surface area contributed by atoms with Crippen LogP contribution in [-0.2, 0) is 13.6 Å². The van der Waals surface area contributed by atoms with Crippen LogP contribution in [0.15, 0.2) is 11.9 Å². The Kier molecular flexibility index (Phi) is 4.90. The lowest BCUT2D eigenvalue weighted by molar-refractivity contribution is 0.147. The van der Waals surface area contributed by atoms with Gasteiger partial charge in [0.1, 0.15) is 0 Å². The van der Waals surface area contributed by atoms with Crippen LogP contribution in [0.4, 0.5) is 0 Å². The van der Waals surface area contributed by atoms with Crippen LogP contribution in [0.25, 0.3) is 0 Å². The fraction of sp³-hybridized carbons (Fsp3) is 0.778. The number of hydrogen-bond acceptors (Lipinski definition) is 3. The molecule has 0 bridgehead atoms. The second kappa shape index (κ2) is 4.94. The second-order valence-electron chi connectivity index (χ2n) is 3.54. The summed E-state index contributed by atoms with van der Waals surface area (Å²) in [4.78, 5) is 0. The monoisotopic (exact) mass is 206 g/mol. The Bertz CT molecular complexity index is 207. The molecule has 0 saturated carbocycles. The average molecular weight is 206 g/mol. The molecule has 0 saturated heterocycles. The molecule has 0 unspecified atom stereocenters. The van der Waals surface area contributed by atoms with E-state index in [2.05, 4.69) is 6.58 Å². The number of rotatable bonds is 5. The highest BCUT2D eigenvalue weighted by Gasteiger charge is 2.28. The quantitative estimate of drug-likeness (QED) is 0.645. The van der Waals surface area contributed by atoms with Crippen molar-refractivity contribution in [1.29, 1.82) is 0 Å². The Morgan fingerprint density at radius 3 is 1.62 bits per heavy atom. The summed E-state index contributed by atoms with van der Waals surface area (Å²) in [5.74, 6) is 0. The molecule has 0 aromatic carbocycles. The predicted octanol–water partition coefficient (Wildman–Crippen LogP) is 3.56. The maximum atomic E-state index is 12.0. The van der Waals surface area contributed by atoms with E-state index in [9.17, 15) is 4.57 Å². The molecule has 0 rings (SSSR count). The van der Waals surface area contributed by atoms with E-state index in [-0.39, 0.29) is 12.2 Å². The molecular formula is C9H19O3P. The van der Waals surface area contributed by atoms with Crippen LogP contribution in [0.3, 0.4) is 0 Å². The Morgan fingerprint density at radius 2 is 1.46 bits per heavy atom. The molecule has 0 aliphatic heterocycles. The maximum absolute atomic E-state index is 12.0. The molecule has 0 aromatic heterocycles. The summed E-state index contributed by atoms with van der Waals surface area (Å²) in [6.45, 7) is 12.6. The lowest BCUT2D eigenvalue weighted by atomic mass is 10.5. The molecule has 0 atom stereocenters. The van der Waals surface area contributed by atoms with Crippen LogP contribution >= 0.6 is 7.60 Å². The summed E-state index contributed by atoms with van der Waals surface area (Å²) in [5, 5.41) is 0.454. The highest BCUT2D eigenvalue weighted by molar-refractivity contribution is 7.58. The zero-order valence-corrected chi connectivity index (χ0v) is 9.93. The zero-order chi connectivity index (χ0) is 10.6. The predicted molar refractivity (Wildman–Crippen MR) is 54.9 cm³/mol. The van der Waals surface area contributed by atoms with Gasteiger partial charge in [-0.25, -0.2) is 0 Å². The summed E-state index contributed by atoms with van der Waals surface area (Å²) >= 11 is 0. The molecule has 0 aliphatic carbocycles. The van der Waals surface area contributed by atoms with Crippen LogP contribution in [0.2, 0.25) is 0 Å². The third kappa shape index (κ3) is 4.61. The average Bonchev–Trinajstić information content (AvgIpc) is 1.82. The molecule has 0 fully saturated rings. The van der Waals surface area contributed by atoms with Crippen LogP contribution < -0.4 is 0 Å². The molecule has 0 spiro atoms. The topological polar surface area (TPSA) is 35.5 Å². The molecule has 0 N–H and O–H groups in total. The Morgan fingerprint density at radius 1 is 1.15 bits per heavy atom. The highest BCUT2D eigenvalue weighted by Crippen LogP contribution is 2.56. The van der Waals surface area contributed by atoms with E-state index >= 15 is 0 Å². The van der Waals surface area contributed by atoms with Crippen molar-refractivity contribution >= 4 is 7.60 Å². The van der Waals surface area contributed by atoms with E-state index in [4.69, 9.17) is 9.05 Å². The van der Waals surface area contributed by atoms with Crippen molar-refractivity contribution < 1.29 is 13.6 Å². The largest absolute Gasteiger partial charge is 0.356 e. The van der Waals surface area contributed by atoms with Gasteiger partial charge in [0.25, 0.3) is 0 Å². The number of allylic oxidation sites excluding steroid dienone is 1. The van der Waals surface area contributed by atoms with Crippen LogP contribution in [0, 0.1) is 0 Å². The van der Waals surface area contributed by atoms with Gasteiger partial charge < -0.3 is 9.05 Å². The fourth-order valence-corrected chi connectivity index (χ4v) is 2.28. The molecule has 3 nitrogen and oxygen atoms in total. The van der Waals surface area contributed by atoms with E-state index in [1.165, 1.54) is 0 Å². The molecule has 4 heteroatoms. The maximum Gasteiger partial charge on any atom is 0.356 e. The van der Waals surface area contributed by atoms with Gasteiger partial charge >= 0.3 is 7.60 Å². The van der Waals surface area contributed by atoms with Gasteiger partial charge in [0.05, 0.1) is 12.2 Å². The lowest BCUT2D eigenvalue weighted by Crippen LogP contribution is -2.08. The minimum absolute atomic E-state index is 0.124. The second-order valence-corrected chi connectivity index (χ2v) is 5.72. The number of hydrogen-bond donors (Lipinski definition) is 0. The zero-order valence-electron chi connectivity index (χ0n) is 9.03. The first kappa shape index (κ1) is 12.9. The van der Waals surface area contributed by atoms with E-state index in [0.29, 0.717) is 5.31 Å². The van der Waals surface area contributed by atoms with Crippen molar-refractivity contribution in [3.63, 3.8) is 0 Å². The van der Waals surface area contributed by atoms with Crippen LogP contribution in [0.5, 0.6) is 0 Å².